The van der Waals surface area contributed by atoms with Gasteiger partial charge in [0.1, 0.15) is 10.7 Å². The summed E-state index contributed by atoms with van der Waals surface area (Å²) in [5.41, 5.74) is 0.425. The molecule has 2 aromatic rings. The van der Waals surface area contributed by atoms with Crippen LogP contribution < -0.4 is 0 Å². The van der Waals surface area contributed by atoms with Crippen molar-refractivity contribution in [2.45, 2.75) is 11.4 Å². The topological polar surface area (TPSA) is 52.0 Å². The molecule has 0 radical (unpaired) electrons. The zero-order chi connectivity index (χ0) is 12.5. The van der Waals surface area contributed by atoms with Crippen molar-refractivity contribution < 1.29 is 12.8 Å². The molecule has 0 aliphatic carbocycles. The summed E-state index contributed by atoms with van der Waals surface area (Å²) >= 11 is 0. The van der Waals surface area contributed by atoms with Gasteiger partial charge in [0, 0.05) is 22.4 Å². The second-order valence-electron chi connectivity index (χ2n) is 3.40. The van der Waals surface area contributed by atoms with E-state index in [1.807, 2.05) is 0 Å². The van der Waals surface area contributed by atoms with Gasteiger partial charge in [-0.3, -0.25) is 4.68 Å². The van der Waals surface area contributed by atoms with Crippen LogP contribution in [0.3, 0.4) is 0 Å². The smallest absolute Gasteiger partial charge is 0.264 e. The van der Waals surface area contributed by atoms with Crippen LogP contribution in [0.1, 0.15) is 5.56 Å². The van der Waals surface area contributed by atoms with E-state index in [1.54, 1.807) is 18.2 Å². The summed E-state index contributed by atoms with van der Waals surface area (Å²) < 4.78 is 36.7. The summed E-state index contributed by atoms with van der Waals surface area (Å²) in [7, 11) is 1.36. The molecular weight excluding hydrogens is 267 g/mol. The summed E-state index contributed by atoms with van der Waals surface area (Å²) in [6, 6.07) is 6.21. The monoisotopic (exact) mass is 274 g/mol. The molecule has 1 heterocycles. The molecule has 0 bridgehead atoms. The zero-order valence-corrected chi connectivity index (χ0v) is 10.1. The summed E-state index contributed by atoms with van der Waals surface area (Å²) in [4.78, 5) is -0.101. The van der Waals surface area contributed by atoms with Crippen molar-refractivity contribution in [1.82, 2.24) is 9.78 Å². The Kier molecular flexibility index (Phi) is 3.17. The number of hydrogen-bond donors (Lipinski definition) is 0. The Morgan fingerprint density at radius 3 is 2.65 bits per heavy atom. The van der Waals surface area contributed by atoms with E-state index in [4.69, 9.17) is 10.7 Å². The SMILES string of the molecule is O=S(=O)(Cl)c1cnn(Cc2ccccc2F)c1. The molecule has 0 unspecified atom stereocenters. The molecule has 7 heteroatoms. The first-order valence-corrected chi connectivity index (χ1v) is 6.98. The minimum Gasteiger partial charge on any atom is -0.267 e. The fourth-order valence-electron chi connectivity index (χ4n) is 1.36. The molecule has 0 fully saturated rings. The van der Waals surface area contributed by atoms with E-state index in [0.717, 1.165) is 6.20 Å². The lowest BCUT2D eigenvalue weighted by Crippen LogP contribution is -2.02. The largest absolute Gasteiger partial charge is 0.267 e. The summed E-state index contributed by atoms with van der Waals surface area (Å²) in [5.74, 6) is -0.363. The third kappa shape index (κ3) is 2.83. The van der Waals surface area contributed by atoms with Gasteiger partial charge in [0.25, 0.3) is 9.05 Å². The molecule has 0 saturated heterocycles. The van der Waals surface area contributed by atoms with Crippen LogP contribution in [0.25, 0.3) is 0 Å². The standard InChI is InChI=1S/C10H8ClFN2O2S/c11-17(15,16)9-5-13-14(7-9)6-8-3-1-2-4-10(8)12/h1-5,7H,6H2. The Morgan fingerprint density at radius 2 is 2.06 bits per heavy atom. The van der Waals surface area contributed by atoms with Crippen LogP contribution in [0.5, 0.6) is 0 Å². The van der Waals surface area contributed by atoms with E-state index in [1.165, 1.54) is 16.9 Å². The van der Waals surface area contributed by atoms with Gasteiger partial charge in [0.2, 0.25) is 0 Å². The van der Waals surface area contributed by atoms with Crippen LogP contribution in [0.2, 0.25) is 0 Å². The first kappa shape index (κ1) is 12.1. The van der Waals surface area contributed by atoms with E-state index < -0.39 is 9.05 Å². The van der Waals surface area contributed by atoms with E-state index in [9.17, 15) is 12.8 Å². The highest BCUT2D eigenvalue weighted by Gasteiger charge is 2.13. The molecular formula is C10H8ClFN2O2S. The molecule has 4 nitrogen and oxygen atoms in total. The second kappa shape index (κ2) is 4.46. The van der Waals surface area contributed by atoms with Crippen LogP contribution in [0, 0.1) is 5.82 Å². The minimum absolute atomic E-state index is 0.101. The highest BCUT2D eigenvalue weighted by Crippen LogP contribution is 2.14. The number of hydrogen-bond acceptors (Lipinski definition) is 3. The Hall–Kier alpha value is -1.40. The van der Waals surface area contributed by atoms with Crippen molar-refractivity contribution in [3.8, 4) is 0 Å². The molecule has 0 aliphatic heterocycles. The van der Waals surface area contributed by atoms with Gasteiger partial charge in [0.15, 0.2) is 0 Å². The predicted molar refractivity (Wildman–Crippen MR) is 60.8 cm³/mol. The van der Waals surface area contributed by atoms with E-state index in [2.05, 4.69) is 5.10 Å². The summed E-state index contributed by atoms with van der Waals surface area (Å²) in [5, 5.41) is 3.81. The molecule has 2 rings (SSSR count). The van der Waals surface area contributed by atoms with Crippen molar-refractivity contribution in [3.05, 3.63) is 48.0 Å². The molecule has 0 N–H and O–H groups in total. The average molecular weight is 275 g/mol. The third-order valence-electron chi connectivity index (χ3n) is 2.18. The molecule has 17 heavy (non-hydrogen) atoms. The molecule has 1 aromatic heterocycles. The van der Waals surface area contributed by atoms with Crippen LogP contribution in [0.4, 0.5) is 4.39 Å². The van der Waals surface area contributed by atoms with Crippen LogP contribution in [0.15, 0.2) is 41.6 Å². The second-order valence-corrected chi connectivity index (χ2v) is 5.97. The van der Waals surface area contributed by atoms with Gasteiger partial charge in [-0.25, -0.2) is 12.8 Å². The maximum Gasteiger partial charge on any atom is 0.264 e. The molecule has 0 saturated carbocycles. The summed E-state index contributed by atoms with van der Waals surface area (Å²) in [6.07, 6.45) is 2.39. The van der Waals surface area contributed by atoms with Gasteiger partial charge in [-0.15, -0.1) is 0 Å². The maximum atomic E-state index is 13.3. The van der Waals surface area contributed by atoms with Crippen molar-refractivity contribution >= 4 is 19.7 Å². The van der Waals surface area contributed by atoms with E-state index in [0.29, 0.717) is 5.56 Å². The lowest BCUT2D eigenvalue weighted by molar-refractivity contribution is 0.584. The fraction of sp³-hybridized carbons (Fsp3) is 0.100. The van der Waals surface area contributed by atoms with Gasteiger partial charge in [0.05, 0.1) is 12.7 Å². The zero-order valence-electron chi connectivity index (χ0n) is 8.55. The Balaban J connectivity index is 2.26. The third-order valence-corrected chi connectivity index (χ3v) is 3.49. The van der Waals surface area contributed by atoms with E-state index in [-0.39, 0.29) is 17.3 Å². The quantitative estimate of drug-likeness (QED) is 0.805. The lowest BCUT2D eigenvalue weighted by atomic mass is 10.2. The molecule has 0 atom stereocenters. The first-order valence-electron chi connectivity index (χ1n) is 4.67. The molecule has 90 valence electrons. The Labute approximate surface area is 102 Å². The highest BCUT2D eigenvalue weighted by molar-refractivity contribution is 8.13. The summed E-state index contributed by atoms with van der Waals surface area (Å²) in [6.45, 7) is 0.152. The van der Waals surface area contributed by atoms with Gasteiger partial charge in [-0.05, 0) is 6.07 Å². The van der Waals surface area contributed by atoms with Crippen LogP contribution in [-0.2, 0) is 15.6 Å². The van der Waals surface area contributed by atoms with Crippen molar-refractivity contribution in [1.29, 1.82) is 0 Å². The van der Waals surface area contributed by atoms with Gasteiger partial charge in [-0.1, -0.05) is 18.2 Å². The molecule has 0 spiro atoms. The highest BCUT2D eigenvalue weighted by atomic mass is 35.7. The predicted octanol–water partition coefficient (Wildman–Crippen LogP) is 2.00. The fourth-order valence-corrected chi connectivity index (χ4v) is 2.02. The number of aromatic nitrogens is 2. The Morgan fingerprint density at radius 1 is 1.35 bits per heavy atom. The Bertz CT molecular complexity index is 639. The van der Waals surface area contributed by atoms with Gasteiger partial charge < -0.3 is 0 Å². The van der Waals surface area contributed by atoms with Crippen molar-refractivity contribution in [3.63, 3.8) is 0 Å². The number of benzene rings is 1. The van der Waals surface area contributed by atoms with Crippen LogP contribution in [-0.4, -0.2) is 18.2 Å². The lowest BCUT2D eigenvalue weighted by Gasteiger charge is -2.02. The molecule has 0 amide bonds. The van der Waals surface area contributed by atoms with E-state index >= 15 is 0 Å². The van der Waals surface area contributed by atoms with Crippen molar-refractivity contribution in [2.24, 2.45) is 0 Å². The normalized spacial score (nSPS) is 11.6. The van der Waals surface area contributed by atoms with Gasteiger partial charge >= 0.3 is 0 Å². The van der Waals surface area contributed by atoms with Crippen LogP contribution >= 0.6 is 10.7 Å². The number of halogens is 2. The van der Waals surface area contributed by atoms with Gasteiger partial charge in [-0.2, -0.15) is 5.10 Å². The van der Waals surface area contributed by atoms with Crippen molar-refractivity contribution in [2.75, 3.05) is 0 Å². The molecule has 0 aliphatic rings. The molecule has 1 aromatic carbocycles. The maximum absolute atomic E-state index is 13.3. The number of rotatable bonds is 3. The minimum atomic E-state index is -3.79. The first-order chi connectivity index (χ1) is 7.97. The number of nitrogens with zero attached hydrogens (tertiary/aromatic N) is 2. The average Bonchev–Trinajstić information content (AvgIpc) is 2.69.